The van der Waals surface area contributed by atoms with Crippen LogP contribution in [0.3, 0.4) is 0 Å². The molecule has 0 saturated heterocycles. The summed E-state index contributed by atoms with van der Waals surface area (Å²) in [6.07, 6.45) is 1.07. The Bertz CT molecular complexity index is 1190. The highest BCUT2D eigenvalue weighted by Crippen LogP contribution is 2.29. The number of H-pyrrole nitrogens is 1. The number of aromatic amines is 1. The summed E-state index contributed by atoms with van der Waals surface area (Å²) in [6, 6.07) is 7.66. The van der Waals surface area contributed by atoms with E-state index in [1.807, 2.05) is 4.72 Å². The summed E-state index contributed by atoms with van der Waals surface area (Å²) in [7, 11) is -4.21. The lowest BCUT2D eigenvalue weighted by atomic mass is 10.1. The molecule has 138 valence electrons. The third-order valence-electron chi connectivity index (χ3n) is 3.61. The van der Waals surface area contributed by atoms with Crippen LogP contribution in [0.15, 0.2) is 47.5 Å². The van der Waals surface area contributed by atoms with Crippen LogP contribution in [-0.4, -0.2) is 13.4 Å². The molecular formula is C17H9ClF3N3O2S. The number of halogens is 4. The number of rotatable bonds is 4. The summed E-state index contributed by atoms with van der Waals surface area (Å²) in [5, 5.41) is 8.38. The fraction of sp³-hybridized carbons (Fsp3) is 0. The van der Waals surface area contributed by atoms with Gasteiger partial charge in [0.25, 0.3) is 10.0 Å². The number of anilines is 1. The first-order chi connectivity index (χ1) is 12.7. The lowest BCUT2D eigenvalue weighted by Crippen LogP contribution is -2.13. The lowest BCUT2D eigenvalue weighted by molar-refractivity contribution is 0.585. The van der Waals surface area contributed by atoms with E-state index in [4.69, 9.17) is 16.9 Å². The molecule has 2 N–H and O–H groups in total. The number of hydrogen-bond donors (Lipinski definition) is 2. The van der Waals surface area contributed by atoms with E-state index in [1.54, 1.807) is 6.07 Å². The monoisotopic (exact) mass is 411 g/mol. The quantitative estimate of drug-likeness (QED) is 0.623. The number of nitrogens with zero attached hydrogens (tertiary/aromatic N) is 1. The summed E-state index contributed by atoms with van der Waals surface area (Å²) >= 11 is 5.63. The maximum atomic E-state index is 13.9. The molecule has 10 heteroatoms. The highest BCUT2D eigenvalue weighted by Gasteiger charge is 2.20. The molecule has 0 bridgehead atoms. The summed E-state index contributed by atoms with van der Waals surface area (Å²) in [5.41, 5.74) is -0.418. The summed E-state index contributed by atoms with van der Waals surface area (Å²) in [4.78, 5) is 2.25. The van der Waals surface area contributed by atoms with E-state index in [9.17, 15) is 21.6 Å². The molecule has 0 saturated carbocycles. The SMILES string of the molecule is N#Cc1ccc(NS(=O)(=O)c2c[nH]c(-c3cc(Cl)c(F)cc3F)c2)c(F)c1. The Morgan fingerprint density at radius 1 is 1.04 bits per heavy atom. The van der Waals surface area contributed by atoms with Gasteiger partial charge in [0.1, 0.15) is 22.3 Å². The first-order valence-electron chi connectivity index (χ1n) is 7.27. The Hall–Kier alpha value is -2.96. The zero-order valence-corrected chi connectivity index (χ0v) is 14.8. The molecule has 0 unspecified atom stereocenters. The molecule has 1 heterocycles. The van der Waals surface area contributed by atoms with E-state index in [2.05, 4.69) is 4.98 Å². The highest BCUT2D eigenvalue weighted by molar-refractivity contribution is 7.92. The standard InChI is InChI=1S/C17H9ClF3N3O2S/c18-12-5-11(13(19)6-14(12)20)17-4-10(8-23-17)27(25,26)24-16-2-1-9(7-22)3-15(16)21/h1-6,8,23-24H. The first-order valence-corrected chi connectivity index (χ1v) is 9.13. The maximum Gasteiger partial charge on any atom is 0.263 e. The Morgan fingerprint density at radius 2 is 1.78 bits per heavy atom. The van der Waals surface area contributed by atoms with Crippen molar-refractivity contribution in [3.8, 4) is 17.3 Å². The Balaban J connectivity index is 1.94. The molecule has 3 rings (SSSR count). The topological polar surface area (TPSA) is 85.8 Å². The molecule has 0 radical (unpaired) electrons. The van der Waals surface area contributed by atoms with Crippen molar-refractivity contribution in [3.05, 3.63) is 70.6 Å². The minimum Gasteiger partial charge on any atom is -0.360 e. The van der Waals surface area contributed by atoms with Crippen molar-refractivity contribution in [2.45, 2.75) is 4.90 Å². The number of nitrogens with one attached hydrogen (secondary N) is 2. The van der Waals surface area contributed by atoms with Crippen LogP contribution in [-0.2, 0) is 10.0 Å². The van der Waals surface area contributed by atoms with Crippen LogP contribution in [0.1, 0.15) is 5.56 Å². The van der Waals surface area contributed by atoms with Gasteiger partial charge < -0.3 is 4.98 Å². The molecule has 0 aliphatic rings. The molecule has 0 aliphatic heterocycles. The number of hydrogen-bond acceptors (Lipinski definition) is 3. The van der Waals surface area contributed by atoms with Gasteiger partial charge in [0, 0.05) is 23.5 Å². The molecule has 0 aliphatic carbocycles. The van der Waals surface area contributed by atoms with Crippen LogP contribution in [0.5, 0.6) is 0 Å². The van der Waals surface area contributed by atoms with Crippen molar-refractivity contribution in [1.82, 2.24) is 4.98 Å². The molecule has 3 aromatic rings. The molecule has 2 aromatic carbocycles. The van der Waals surface area contributed by atoms with Crippen molar-refractivity contribution >= 4 is 27.3 Å². The van der Waals surface area contributed by atoms with Gasteiger partial charge in [-0.3, -0.25) is 4.72 Å². The van der Waals surface area contributed by atoms with E-state index in [-0.39, 0.29) is 32.4 Å². The smallest absolute Gasteiger partial charge is 0.263 e. The minimum absolute atomic E-state index is 0.0306. The van der Waals surface area contributed by atoms with Crippen molar-refractivity contribution in [3.63, 3.8) is 0 Å². The molecule has 27 heavy (non-hydrogen) atoms. The van der Waals surface area contributed by atoms with Gasteiger partial charge in [-0.05, 0) is 30.3 Å². The van der Waals surface area contributed by atoms with Crippen LogP contribution >= 0.6 is 11.6 Å². The van der Waals surface area contributed by atoms with Crippen LogP contribution in [0.25, 0.3) is 11.3 Å². The van der Waals surface area contributed by atoms with Crippen molar-refractivity contribution in [2.75, 3.05) is 4.72 Å². The van der Waals surface area contributed by atoms with Gasteiger partial charge in [-0.15, -0.1) is 0 Å². The maximum absolute atomic E-state index is 13.9. The number of benzene rings is 2. The second-order valence-corrected chi connectivity index (χ2v) is 7.50. The summed E-state index contributed by atoms with van der Waals surface area (Å²) in [5.74, 6) is -2.81. The van der Waals surface area contributed by atoms with Crippen molar-refractivity contribution < 1.29 is 21.6 Å². The average Bonchev–Trinajstić information content (AvgIpc) is 3.10. The second kappa shape index (κ2) is 6.98. The second-order valence-electron chi connectivity index (χ2n) is 5.41. The summed E-state index contributed by atoms with van der Waals surface area (Å²) in [6.45, 7) is 0. The number of aromatic nitrogens is 1. The van der Waals surface area contributed by atoms with Crippen LogP contribution < -0.4 is 4.72 Å². The van der Waals surface area contributed by atoms with E-state index in [0.717, 1.165) is 30.5 Å². The molecule has 0 fully saturated rings. The molecule has 0 spiro atoms. The first kappa shape index (κ1) is 18.8. The van der Waals surface area contributed by atoms with Crippen LogP contribution in [0.2, 0.25) is 5.02 Å². The minimum atomic E-state index is -4.21. The van der Waals surface area contributed by atoms with Crippen LogP contribution in [0, 0.1) is 28.8 Å². The number of sulfonamides is 1. The average molecular weight is 412 g/mol. The van der Waals surface area contributed by atoms with Gasteiger partial charge in [-0.1, -0.05) is 11.6 Å². The van der Waals surface area contributed by atoms with Gasteiger partial charge in [0.2, 0.25) is 0 Å². The normalized spacial score (nSPS) is 11.2. The number of nitriles is 1. The van der Waals surface area contributed by atoms with Gasteiger partial charge >= 0.3 is 0 Å². The zero-order valence-electron chi connectivity index (χ0n) is 13.2. The molecule has 1 aromatic heterocycles. The molecular weight excluding hydrogens is 403 g/mol. The molecule has 5 nitrogen and oxygen atoms in total. The van der Waals surface area contributed by atoms with Gasteiger partial charge in [-0.2, -0.15) is 5.26 Å². The van der Waals surface area contributed by atoms with E-state index >= 15 is 0 Å². The van der Waals surface area contributed by atoms with Gasteiger partial charge in [0.05, 0.1) is 22.3 Å². The predicted molar refractivity (Wildman–Crippen MR) is 93.1 cm³/mol. The summed E-state index contributed by atoms with van der Waals surface area (Å²) < 4.78 is 68.0. The Kier molecular flexibility index (Phi) is 4.87. The van der Waals surface area contributed by atoms with Gasteiger partial charge in [-0.25, -0.2) is 21.6 Å². The third kappa shape index (κ3) is 3.77. The van der Waals surface area contributed by atoms with E-state index < -0.39 is 27.5 Å². The molecule has 0 atom stereocenters. The molecule has 0 amide bonds. The highest BCUT2D eigenvalue weighted by atomic mass is 35.5. The lowest BCUT2D eigenvalue weighted by Gasteiger charge is -2.07. The van der Waals surface area contributed by atoms with E-state index in [0.29, 0.717) is 6.07 Å². The van der Waals surface area contributed by atoms with E-state index in [1.165, 1.54) is 6.07 Å². The van der Waals surface area contributed by atoms with Crippen molar-refractivity contribution in [1.29, 1.82) is 5.26 Å². The zero-order chi connectivity index (χ0) is 19.8. The van der Waals surface area contributed by atoms with Crippen LogP contribution in [0.4, 0.5) is 18.9 Å². The fourth-order valence-electron chi connectivity index (χ4n) is 2.29. The fourth-order valence-corrected chi connectivity index (χ4v) is 3.51. The predicted octanol–water partition coefficient (Wildman–Crippen LogP) is 4.42. The van der Waals surface area contributed by atoms with Gasteiger partial charge in [0.15, 0.2) is 0 Å². The largest absolute Gasteiger partial charge is 0.360 e. The Labute approximate surface area is 157 Å². The third-order valence-corrected chi connectivity index (χ3v) is 5.24. The van der Waals surface area contributed by atoms with Crippen molar-refractivity contribution in [2.24, 2.45) is 0 Å². The Morgan fingerprint density at radius 3 is 2.44 bits per heavy atom.